The van der Waals surface area contributed by atoms with Crippen LogP contribution in [0.2, 0.25) is 0 Å². The fourth-order valence-corrected chi connectivity index (χ4v) is 2.66. The van der Waals surface area contributed by atoms with E-state index >= 15 is 0 Å². The standard InChI is InChI=1S/C9H15NO4/c1-14-8(13)9-3-2-4-10(9)5-6(11)7(9)12/h6-7,11-12H,2-5H2,1H3. The number of aliphatic hydroxyl groups is 2. The van der Waals surface area contributed by atoms with Crippen LogP contribution in [0.3, 0.4) is 0 Å². The Morgan fingerprint density at radius 1 is 1.57 bits per heavy atom. The van der Waals surface area contributed by atoms with Crippen molar-refractivity contribution in [1.29, 1.82) is 0 Å². The van der Waals surface area contributed by atoms with Gasteiger partial charge in [0.2, 0.25) is 0 Å². The molecule has 2 N–H and O–H groups in total. The molecule has 0 aromatic carbocycles. The van der Waals surface area contributed by atoms with E-state index in [0.29, 0.717) is 13.0 Å². The molecule has 0 bridgehead atoms. The average molecular weight is 201 g/mol. The molecule has 0 aromatic heterocycles. The average Bonchev–Trinajstić information content (AvgIpc) is 2.68. The number of hydrogen-bond donors (Lipinski definition) is 2. The van der Waals surface area contributed by atoms with Crippen molar-refractivity contribution in [3.8, 4) is 0 Å². The van der Waals surface area contributed by atoms with E-state index in [1.807, 2.05) is 4.90 Å². The number of hydrogen-bond acceptors (Lipinski definition) is 5. The Hall–Kier alpha value is -0.650. The number of methoxy groups -OCH3 is 1. The first-order chi connectivity index (χ1) is 6.63. The lowest BCUT2D eigenvalue weighted by molar-refractivity contribution is -0.158. The Bertz CT molecular complexity index is 253. The number of nitrogens with zero attached hydrogens (tertiary/aromatic N) is 1. The van der Waals surface area contributed by atoms with Crippen LogP contribution < -0.4 is 0 Å². The van der Waals surface area contributed by atoms with Gasteiger partial charge in [-0.1, -0.05) is 0 Å². The van der Waals surface area contributed by atoms with Crippen LogP contribution in [0.4, 0.5) is 0 Å². The van der Waals surface area contributed by atoms with Crippen LogP contribution in [-0.2, 0) is 9.53 Å². The molecule has 0 aromatic rings. The van der Waals surface area contributed by atoms with Crippen LogP contribution in [0.1, 0.15) is 12.8 Å². The molecular formula is C9H15NO4. The molecule has 2 rings (SSSR count). The highest BCUT2D eigenvalue weighted by atomic mass is 16.5. The summed E-state index contributed by atoms with van der Waals surface area (Å²) < 4.78 is 4.71. The third-order valence-electron chi connectivity index (χ3n) is 3.35. The van der Waals surface area contributed by atoms with E-state index in [1.165, 1.54) is 7.11 Å². The molecular weight excluding hydrogens is 186 g/mol. The summed E-state index contributed by atoms with van der Waals surface area (Å²) in [6.45, 7) is 1.10. The normalized spacial score (nSPS) is 42.5. The zero-order valence-corrected chi connectivity index (χ0v) is 8.14. The highest BCUT2D eigenvalue weighted by Crippen LogP contribution is 2.39. The van der Waals surface area contributed by atoms with Crippen molar-refractivity contribution < 1.29 is 19.7 Å². The second-order valence-electron chi connectivity index (χ2n) is 3.98. The van der Waals surface area contributed by atoms with Crippen LogP contribution >= 0.6 is 0 Å². The SMILES string of the molecule is COC(=O)C12CCCN1CC(O)C2O. The van der Waals surface area contributed by atoms with Gasteiger partial charge in [0, 0.05) is 6.54 Å². The molecule has 14 heavy (non-hydrogen) atoms. The number of rotatable bonds is 1. The number of ether oxygens (including phenoxy) is 1. The summed E-state index contributed by atoms with van der Waals surface area (Å²) in [5.74, 6) is -0.431. The van der Waals surface area contributed by atoms with Crippen LogP contribution in [0.5, 0.6) is 0 Å². The first-order valence-corrected chi connectivity index (χ1v) is 4.82. The zero-order valence-electron chi connectivity index (χ0n) is 8.14. The van der Waals surface area contributed by atoms with Crippen molar-refractivity contribution in [2.75, 3.05) is 20.2 Å². The Morgan fingerprint density at radius 3 is 2.93 bits per heavy atom. The molecule has 5 heteroatoms. The topological polar surface area (TPSA) is 70.0 Å². The quantitative estimate of drug-likeness (QED) is 0.518. The van der Waals surface area contributed by atoms with Gasteiger partial charge < -0.3 is 14.9 Å². The van der Waals surface area contributed by atoms with Gasteiger partial charge in [-0.25, -0.2) is 4.79 Å². The minimum atomic E-state index is -1.02. The maximum Gasteiger partial charge on any atom is 0.329 e. The van der Waals surface area contributed by atoms with Gasteiger partial charge in [0.1, 0.15) is 11.6 Å². The van der Waals surface area contributed by atoms with Crippen molar-refractivity contribution in [2.24, 2.45) is 0 Å². The van der Waals surface area contributed by atoms with Crippen molar-refractivity contribution >= 4 is 5.97 Å². The lowest BCUT2D eigenvalue weighted by Gasteiger charge is -2.31. The highest BCUT2D eigenvalue weighted by Gasteiger charge is 2.60. The number of aliphatic hydroxyl groups excluding tert-OH is 2. The molecule has 5 nitrogen and oxygen atoms in total. The second-order valence-corrected chi connectivity index (χ2v) is 3.98. The summed E-state index contributed by atoms with van der Waals surface area (Å²) in [5, 5.41) is 19.3. The number of carbonyl (C=O) groups excluding carboxylic acids is 1. The molecule has 80 valence electrons. The van der Waals surface area contributed by atoms with Crippen molar-refractivity contribution in [3.05, 3.63) is 0 Å². The number of β-amino-alcohol motifs (C(OH)–C–C–N with tert-alkyl or cyclic N) is 1. The Labute approximate surface area is 82.3 Å². The van der Waals surface area contributed by atoms with Gasteiger partial charge in [-0.15, -0.1) is 0 Å². The fraction of sp³-hybridized carbons (Fsp3) is 0.889. The van der Waals surface area contributed by atoms with E-state index in [0.717, 1.165) is 13.0 Å². The molecule has 0 amide bonds. The van der Waals surface area contributed by atoms with E-state index < -0.39 is 23.7 Å². The van der Waals surface area contributed by atoms with Gasteiger partial charge in [0.25, 0.3) is 0 Å². The number of fused-ring (bicyclic) bond motifs is 1. The smallest absolute Gasteiger partial charge is 0.329 e. The predicted molar refractivity (Wildman–Crippen MR) is 47.6 cm³/mol. The molecule has 0 saturated carbocycles. The first kappa shape index (κ1) is 9.89. The lowest BCUT2D eigenvalue weighted by Crippen LogP contribution is -2.54. The Balaban J connectivity index is 2.32. The maximum absolute atomic E-state index is 11.6. The van der Waals surface area contributed by atoms with E-state index in [2.05, 4.69) is 0 Å². The molecule has 3 unspecified atom stereocenters. The van der Waals surface area contributed by atoms with Gasteiger partial charge in [0.15, 0.2) is 0 Å². The van der Waals surface area contributed by atoms with Crippen LogP contribution in [0.15, 0.2) is 0 Å². The summed E-state index contributed by atoms with van der Waals surface area (Å²) in [4.78, 5) is 13.5. The van der Waals surface area contributed by atoms with Gasteiger partial charge >= 0.3 is 5.97 Å². The fourth-order valence-electron chi connectivity index (χ4n) is 2.66. The van der Waals surface area contributed by atoms with E-state index in [4.69, 9.17) is 4.74 Å². The predicted octanol–water partition coefficient (Wildman–Crippen LogP) is -1.27. The maximum atomic E-state index is 11.6. The van der Waals surface area contributed by atoms with Gasteiger partial charge in [-0.2, -0.15) is 0 Å². The summed E-state index contributed by atoms with van der Waals surface area (Å²) in [6, 6.07) is 0. The van der Waals surface area contributed by atoms with Gasteiger partial charge in [0.05, 0.1) is 13.2 Å². The molecule has 2 saturated heterocycles. The summed E-state index contributed by atoms with van der Waals surface area (Å²) >= 11 is 0. The monoisotopic (exact) mass is 201 g/mol. The third kappa shape index (κ3) is 1.03. The zero-order chi connectivity index (χ0) is 10.3. The van der Waals surface area contributed by atoms with Crippen LogP contribution in [0.25, 0.3) is 0 Å². The number of esters is 1. The summed E-state index contributed by atoms with van der Waals surface area (Å²) in [6.07, 6.45) is -0.427. The molecule has 0 radical (unpaired) electrons. The first-order valence-electron chi connectivity index (χ1n) is 4.82. The summed E-state index contributed by atoms with van der Waals surface area (Å²) in [5.41, 5.74) is -0.978. The van der Waals surface area contributed by atoms with Crippen molar-refractivity contribution in [3.63, 3.8) is 0 Å². The Morgan fingerprint density at radius 2 is 2.29 bits per heavy atom. The van der Waals surface area contributed by atoms with Crippen molar-refractivity contribution in [1.82, 2.24) is 4.90 Å². The largest absolute Gasteiger partial charge is 0.468 e. The van der Waals surface area contributed by atoms with Crippen LogP contribution in [-0.4, -0.2) is 59.0 Å². The van der Waals surface area contributed by atoms with E-state index in [-0.39, 0.29) is 0 Å². The molecule has 2 fully saturated rings. The molecule has 0 spiro atoms. The van der Waals surface area contributed by atoms with Crippen LogP contribution in [0, 0.1) is 0 Å². The Kier molecular flexibility index (Phi) is 2.25. The summed E-state index contributed by atoms with van der Waals surface area (Å²) in [7, 11) is 1.31. The number of carbonyl (C=O) groups is 1. The molecule has 2 aliphatic heterocycles. The van der Waals surface area contributed by atoms with Gasteiger partial charge in [-0.3, -0.25) is 4.90 Å². The molecule has 3 atom stereocenters. The molecule has 2 aliphatic rings. The lowest BCUT2D eigenvalue weighted by atomic mass is 9.90. The highest BCUT2D eigenvalue weighted by molar-refractivity contribution is 5.82. The van der Waals surface area contributed by atoms with E-state index in [1.54, 1.807) is 0 Å². The van der Waals surface area contributed by atoms with Crippen molar-refractivity contribution in [2.45, 2.75) is 30.6 Å². The molecule has 2 heterocycles. The van der Waals surface area contributed by atoms with E-state index in [9.17, 15) is 15.0 Å². The minimum Gasteiger partial charge on any atom is -0.468 e. The third-order valence-corrected chi connectivity index (χ3v) is 3.35. The second kappa shape index (κ2) is 3.18. The molecule has 0 aliphatic carbocycles. The van der Waals surface area contributed by atoms with Gasteiger partial charge in [-0.05, 0) is 19.4 Å². The minimum absolute atomic E-state index is 0.357.